The molecule has 0 aliphatic rings. The average molecular weight is 235 g/mol. The van der Waals surface area contributed by atoms with Crippen LogP contribution in [0.5, 0.6) is 5.75 Å². The van der Waals surface area contributed by atoms with E-state index in [1.807, 2.05) is 0 Å². The van der Waals surface area contributed by atoms with Gasteiger partial charge in [-0.2, -0.15) is 0 Å². The first-order chi connectivity index (χ1) is 8.15. The van der Waals surface area contributed by atoms with Crippen LogP contribution in [0.15, 0.2) is 42.5 Å². The van der Waals surface area contributed by atoms with Crippen molar-refractivity contribution in [2.45, 2.75) is 6.61 Å². The molecule has 0 aromatic heterocycles. The number of anilines is 1. The molecule has 0 heterocycles. The SMILES string of the molecule is Nc1cc(COc2ccc(F)cc2)ccc1F. The number of nitrogens with two attached hydrogens (primary N) is 1. The smallest absolute Gasteiger partial charge is 0.146 e. The van der Waals surface area contributed by atoms with Gasteiger partial charge in [-0.1, -0.05) is 6.07 Å². The van der Waals surface area contributed by atoms with Crippen LogP contribution in [-0.4, -0.2) is 0 Å². The first-order valence-electron chi connectivity index (χ1n) is 5.07. The maximum Gasteiger partial charge on any atom is 0.146 e. The van der Waals surface area contributed by atoms with Gasteiger partial charge in [-0.05, 0) is 42.0 Å². The number of nitrogen functional groups attached to an aromatic ring is 1. The Kier molecular flexibility index (Phi) is 3.23. The van der Waals surface area contributed by atoms with Crippen LogP contribution >= 0.6 is 0 Å². The van der Waals surface area contributed by atoms with E-state index in [0.29, 0.717) is 5.75 Å². The molecule has 2 aromatic carbocycles. The predicted octanol–water partition coefficient (Wildman–Crippen LogP) is 3.13. The highest BCUT2D eigenvalue weighted by atomic mass is 19.1. The number of ether oxygens (including phenoxy) is 1. The van der Waals surface area contributed by atoms with Gasteiger partial charge in [0.05, 0.1) is 5.69 Å². The van der Waals surface area contributed by atoms with E-state index in [1.54, 1.807) is 6.07 Å². The molecule has 2 rings (SSSR count). The number of hydrogen-bond donors (Lipinski definition) is 1. The molecule has 0 fully saturated rings. The maximum atomic E-state index is 12.9. The molecule has 0 spiro atoms. The highest BCUT2D eigenvalue weighted by Gasteiger charge is 2.01. The van der Waals surface area contributed by atoms with Gasteiger partial charge < -0.3 is 10.5 Å². The van der Waals surface area contributed by atoms with Crippen LogP contribution in [0, 0.1) is 11.6 Å². The van der Waals surface area contributed by atoms with Crippen molar-refractivity contribution >= 4 is 5.69 Å². The first-order valence-corrected chi connectivity index (χ1v) is 5.07. The lowest BCUT2D eigenvalue weighted by molar-refractivity contribution is 0.305. The molecule has 0 bridgehead atoms. The lowest BCUT2D eigenvalue weighted by Crippen LogP contribution is -1.98. The second-order valence-electron chi connectivity index (χ2n) is 3.60. The minimum absolute atomic E-state index is 0.0882. The summed E-state index contributed by atoms with van der Waals surface area (Å²) in [7, 11) is 0. The fourth-order valence-electron chi connectivity index (χ4n) is 1.38. The standard InChI is InChI=1S/C13H11F2NO/c14-10-2-4-11(5-3-10)17-8-9-1-6-12(15)13(16)7-9/h1-7H,8,16H2. The van der Waals surface area contributed by atoms with Crippen molar-refractivity contribution in [3.63, 3.8) is 0 Å². The van der Waals surface area contributed by atoms with Crippen LogP contribution in [0.1, 0.15) is 5.56 Å². The van der Waals surface area contributed by atoms with Crippen molar-refractivity contribution < 1.29 is 13.5 Å². The van der Waals surface area contributed by atoms with Crippen LogP contribution in [-0.2, 0) is 6.61 Å². The summed E-state index contributed by atoms with van der Waals surface area (Å²) >= 11 is 0. The lowest BCUT2D eigenvalue weighted by Gasteiger charge is -2.07. The van der Waals surface area contributed by atoms with Crippen molar-refractivity contribution in [3.05, 3.63) is 59.7 Å². The fraction of sp³-hybridized carbons (Fsp3) is 0.0769. The highest BCUT2D eigenvalue weighted by Crippen LogP contribution is 2.16. The van der Waals surface area contributed by atoms with Gasteiger partial charge in [-0.3, -0.25) is 0 Å². The van der Waals surface area contributed by atoms with E-state index in [2.05, 4.69) is 0 Å². The van der Waals surface area contributed by atoms with Crippen LogP contribution in [0.2, 0.25) is 0 Å². The number of hydrogen-bond acceptors (Lipinski definition) is 2. The van der Waals surface area contributed by atoms with Gasteiger partial charge in [0, 0.05) is 0 Å². The summed E-state index contributed by atoms with van der Waals surface area (Å²) in [5, 5.41) is 0. The molecule has 2 N–H and O–H groups in total. The fourth-order valence-corrected chi connectivity index (χ4v) is 1.38. The zero-order valence-electron chi connectivity index (χ0n) is 8.99. The van der Waals surface area contributed by atoms with Gasteiger partial charge in [0.15, 0.2) is 0 Å². The van der Waals surface area contributed by atoms with E-state index < -0.39 is 5.82 Å². The van der Waals surface area contributed by atoms with Gasteiger partial charge >= 0.3 is 0 Å². The summed E-state index contributed by atoms with van der Waals surface area (Å²) in [5.74, 6) is -0.215. The largest absolute Gasteiger partial charge is 0.489 e. The molecule has 0 unspecified atom stereocenters. The van der Waals surface area contributed by atoms with Gasteiger partial charge in [0.2, 0.25) is 0 Å². The Hall–Kier alpha value is -2.10. The van der Waals surface area contributed by atoms with Crippen LogP contribution in [0.3, 0.4) is 0 Å². The molecule has 17 heavy (non-hydrogen) atoms. The topological polar surface area (TPSA) is 35.2 Å². The van der Waals surface area contributed by atoms with Gasteiger partial charge in [-0.25, -0.2) is 8.78 Å². The Morgan fingerprint density at radius 2 is 1.71 bits per heavy atom. The zero-order valence-corrected chi connectivity index (χ0v) is 8.99. The Morgan fingerprint density at radius 3 is 2.35 bits per heavy atom. The summed E-state index contributed by atoms with van der Waals surface area (Å²) < 4.78 is 30.9. The minimum atomic E-state index is -0.449. The summed E-state index contributed by atoms with van der Waals surface area (Å²) in [6.45, 7) is 0.260. The summed E-state index contributed by atoms with van der Waals surface area (Å²) in [5.41, 5.74) is 6.28. The second kappa shape index (κ2) is 4.82. The molecule has 0 saturated heterocycles. The quantitative estimate of drug-likeness (QED) is 0.829. The maximum absolute atomic E-state index is 12.9. The van der Waals surface area contributed by atoms with Crippen molar-refractivity contribution in [1.29, 1.82) is 0 Å². The van der Waals surface area contributed by atoms with E-state index in [0.717, 1.165) is 5.56 Å². The van der Waals surface area contributed by atoms with E-state index in [9.17, 15) is 8.78 Å². The molecule has 0 radical (unpaired) electrons. The number of rotatable bonds is 3. The molecular formula is C13H11F2NO. The summed E-state index contributed by atoms with van der Waals surface area (Å²) in [6, 6.07) is 10.1. The highest BCUT2D eigenvalue weighted by molar-refractivity contribution is 5.42. The molecular weight excluding hydrogens is 224 g/mol. The Balaban J connectivity index is 2.02. The van der Waals surface area contributed by atoms with E-state index in [1.165, 1.54) is 36.4 Å². The Labute approximate surface area is 97.6 Å². The molecule has 0 aliphatic heterocycles. The van der Waals surface area contributed by atoms with Crippen LogP contribution < -0.4 is 10.5 Å². The Morgan fingerprint density at radius 1 is 1.00 bits per heavy atom. The molecule has 0 aliphatic carbocycles. The molecule has 2 aromatic rings. The number of benzene rings is 2. The van der Waals surface area contributed by atoms with E-state index in [4.69, 9.17) is 10.5 Å². The third-order valence-corrected chi connectivity index (χ3v) is 2.28. The van der Waals surface area contributed by atoms with Crippen LogP contribution in [0.4, 0.5) is 14.5 Å². The summed E-state index contributed by atoms with van der Waals surface area (Å²) in [4.78, 5) is 0. The van der Waals surface area contributed by atoms with Crippen LogP contribution in [0.25, 0.3) is 0 Å². The van der Waals surface area contributed by atoms with Crippen molar-refractivity contribution in [2.75, 3.05) is 5.73 Å². The van der Waals surface area contributed by atoms with Crippen molar-refractivity contribution in [3.8, 4) is 5.75 Å². The van der Waals surface area contributed by atoms with Gasteiger partial charge in [-0.15, -0.1) is 0 Å². The molecule has 0 saturated carbocycles. The lowest BCUT2D eigenvalue weighted by atomic mass is 10.2. The van der Waals surface area contributed by atoms with Gasteiger partial charge in [0.1, 0.15) is 24.0 Å². The van der Waals surface area contributed by atoms with Gasteiger partial charge in [0.25, 0.3) is 0 Å². The van der Waals surface area contributed by atoms with Crippen molar-refractivity contribution in [1.82, 2.24) is 0 Å². The first kappa shape index (κ1) is 11.4. The number of halogens is 2. The zero-order chi connectivity index (χ0) is 12.3. The molecule has 88 valence electrons. The summed E-state index contributed by atoms with van der Waals surface area (Å²) in [6.07, 6.45) is 0. The predicted molar refractivity (Wildman–Crippen MR) is 61.5 cm³/mol. The molecule has 4 heteroatoms. The Bertz CT molecular complexity index is 511. The van der Waals surface area contributed by atoms with E-state index in [-0.39, 0.29) is 18.1 Å². The minimum Gasteiger partial charge on any atom is -0.489 e. The van der Waals surface area contributed by atoms with Crippen molar-refractivity contribution in [2.24, 2.45) is 0 Å². The monoisotopic (exact) mass is 235 g/mol. The average Bonchev–Trinajstić information content (AvgIpc) is 2.33. The third-order valence-electron chi connectivity index (χ3n) is 2.28. The normalized spacial score (nSPS) is 10.2. The molecule has 0 amide bonds. The second-order valence-corrected chi connectivity index (χ2v) is 3.60. The third kappa shape index (κ3) is 2.93. The molecule has 2 nitrogen and oxygen atoms in total. The molecule has 0 atom stereocenters. The van der Waals surface area contributed by atoms with E-state index >= 15 is 0 Å².